The topological polar surface area (TPSA) is 20.2 Å². The van der Waals surface area contributed by atoms with Crippen LogP contribution in [0.5, 0.6) is 0 Å². The van der Waals surface area contributed by atoms with Gasteiger partial charge in [0.05, 0.1) is 6.10 Å². The normalized spacial score (nSPS) is 46.9. The van der Waals surface area contributed by atoms with E-state index in [2.05, 4.69) is 19.8 Å². The fourth-order valence-corrected chi connectivity index (χ4v) is 4.13. The summed E-state index contributed by atoms with van der Waals surface area (Å²) in [6.45, 7) is 4.52. The first-order valence-corrected chi connectivity index (χ1v) is 6.24. The van der Waals surface area contributed by atoms with Gasteiger partial charge in [-0.3, -0.25) is 0 Å². The summed E-state index contributed by atoms with van der Waals surface area (Å²) in [4.78, 5) is 0. The molecule has 15 heavy (non-hydrogen) atoms. The standard InChI is InChI=1S/C14H22O/c1-4-10(2)11-7-8-12-13(15)6-5-9-14(11,12)3/h1,10-13,15H,5-9H2,2-3H3/t10?,11-,12?,13+,14-/m1/s1. The van der Waals surface area contributed by atoms with Crippen molar-refractivity contribution in [3.63, 3.8) is 0 Å². The quantitative estimate of drug-likeness (QED) is 0.654. The fraction of sp³-hybridized carbons (Fsp3) is 0.857. The van der Waals surface area contributed by atoms with Gasteiger partial charge in [0.15, 0.2) is 0 Å². The van der Waals surface area contributed by atoms with Gasteiger partial charge in [0.25, 0.3) is 0 Å². The summed E-state index contributed by atoms with van der Waals surface area (Å²) in [5.74, 6) is 4.40. The Labute approximate surface area is 93.3 Å². The summed E-state index contributed by atoms with van der Waals surface area (Å²) in [5, 5.41) is 10.1. The molecule has 0 aromatic heterocycles. The van der Waals surface area contributed by atoms with Crippen LogP contribution in [0, 0.1) is 35.5 Å². The van der Waals surface area contributed by atoms with Crippen molar-refractivity contribution in [2.45, 2.75) is 52.1 Å². The van der Waals surface area contributed by atoms with Crippen molar-refractivity contribution >= 4 is 0 Å². The Hall–Kier alpha value is -0.480. The van der Waals surface area contributed by atoms with E-state index in [0.29, 0.717) is 23.2 Å². The van der Waals surface area contributed by atoms with Gasteiger partial charge < -0.3 is 5.11 Å². The molecule has 84 valence electrons. The molecular weight excluding hydrogens is 184 g/mol. The molecule has 0 aromatic carbocycles. The van der Waals surface area contributed by atoms with E-state index in [-0.39, 0.29) is 6.10 Å². The average molecular weight is 206 g/mol. The zero-order valence-corrected chi connectivity index (χ0v) is 9.87. The van der Waals surface area contributed by atoms with Gasteiger partial charge in [-0.05, 0) is 42.9 Å². The lowest BCUT2D eigenvalue weighted by atomic mass is 9.62. The Morgan fingerprint density at radius 2 is 2.13 bits per heavy atom. The number of aliphatic hydroxyl groups excluding tert-OH is 1. The molecule has 2 saturated carbocycles. The summed E-state index contributed by atoms with van der Waals surface area (Å²) in [7, 11) is 0. The van der Waals surface area contributed by atoms with Gasteiger partial charge in [-0.2, -0.15) is 0 Å². The molecule has 0 spiro atoms. The van der Waals surface area contributed by atoms with E-state index in [1.807, 2.05) is 0 Å². The maximum Gasteiger partial charge on any atom is 0.0573 e. The van der Waals surface area contributed by atoms with Crippen LogP contribution in [-0.2, 0) is 0 Å². The fourth-order valence-electron chi connectivity index (χ4n) is 4.13. The third-order valence-corrected chi connectivity index (χ3v) is 5.03. The number of terminal acetylenes is 1. The molecule has 2 fully saturated rings. The van der Waals surface area contributed by atoms with Crippen molar-refractivity contribution in [1.29, 1.82) is 0 Å². The number of hydrogen-bond acceptors (Lipinski definition) is 1. The summed E-state index contributed by atoms with van der Waals surface area (Å²) in [5.41, 5.74) is 0.309. The molecule has 2 aliphatic rings. The molecule has 0 radical (unpaired) electrons. The molecular formula is C14H22O. The second kappa shape index (κ2) is 3.83. The van der Waals surface area contributed by atoms with Crippen LogP contribution in [-0.4, -0.2) is 11.2 Å². The van der Waals surface area contributed by atoms with Gasteiger partial charge in [-0.25, -0.2) is 0 Å². The highest BCUT2D eigenvalue weighted by Crippen LogP contribution is 2.57. The van der Waals surface area contributed by atoms with E-state index >= 15 is 0 Å². The molecule has 2 aliphatic carbocycles. The van der Waals surface area contributed by atoms with Gasteiger partial charge in [-0.1, -0.05) is 20.3 Å². The molecule has 0 aliphatic heterocycles. The minimum atomic E-state index is -0.0706. The molecule has 0 bridgehead atoms. The summed E-state index contributed by atoms with van der Waals surface area (Å²) in [6, 6.07) is 0. The third kappa shape index (κ3) is 1.60. The van der Waals surface area contributed by atoms with Crippen molar-refractivity contribution in [2.24, 2.45) is 23.2 Å². The summed E-state index contributed by atoms with van der Waals surface area (Å²) >= 11 is 0. The first kappa shape index (κ1) is 11.0. The number of hydrogen-bond donors (Lipinski definition) is 1. The minimum Gasteiger partial charge on any atom is -0.393 e. The van der Waals surface area contributed by atoms with Crippen LogP contribution in [0.1, 0.15) is 46.0 Å². The SMILES string of the molecule is C#CC(C)[C@H]1CCC2[C@@H](O)CCC[C@@]21C. The highest BCUT2D eigenvalue weighted by atomic mass is 16.3. The van der Waals surface area contributed by atoms with Crippen molar-refractivity contribution in [2.75, 3.05) is 0 Å². The maximum atomic E-state index is 10.1. The summed E-state index contributed by atoms with van der Waals surface area (Å²) in [6.07, 6.45) is 11.3. The minimum absolute atomic E-state index is 0.0706. The number of aliphatic hydroxyl groups is 1. The van der Waals surface area contributed by atoms with Crippen molar-refractivity contribution in [3.05, 3.63) is 0 Å². The zero-order valence-electron chi connectivity index (χ0n) is 9.87. The summed E-state index contributed by atoms with van der Waals surface area (Å²) < 4.78 is 0. The van der Waals surface area contributed by atoms with Crippen molar-refractivity contribution in [1.82, 2.24) is 0 Å². The van der Waals surface area contributed by atoms with Crippen LogP contribution in [0.3, 0.4) is 0 Å². The van der Waals surface area contributed by atoms with E-state index in [1.54, 1.807) is 0 Å². The predicted octanol–water partition coefficient (Wildman–Crippen LogP) is 2.83. The molecule has 5 atom stereocenters. The van der Waals surface area contributed by atoms with Crippen molar-refractivity contribution < 1.29 is 5.11 Å². The van der Waals surface area contributed by atoms with E-state index < -0.39 is 0 Å². The Morgan fingerprint density at radius 1 is 1.40 bits per heavy atom. The van der Waals surface area contributed by atoms with Gasteiger partial charge in [0.2, 0.25) is 0 Å². The molecule has 0 aromatic rings. The lowest BCUT2D eigenvalue weighted by molar-refractivity contribution is -0.0224. The lowest BCUT2D eigenvalue weighted by Gasteiger charge is -2.44. The first-order chi connectivity index (χ1) is 7.09. The molecule has 1 nitrogen and oxygen atoms in total. The van der Waals surface area contributed by atoms with Crippen LogP contribution in [0.2, 0.25) is 0 Å². The lowest BCUT2D eigenvalue weighted by Crippen LogP contribution is -2.41. The van der Waals surface area contributed by atoms with E-state index in [4.69, 9.17) is 6.42 Å². The monoisotopic (exact) mass is 206 g/mol. The third-order valence-electron chi connectivity index (χ3n) is 5.03. The van der Waals surface area contributed by atoms with E-state index in [1.165, 1.54) is 25.7 Å². The molecule has 2 unspecified atom stereocenters. The van der Waals surface area contributed by atoms with Gasteiger partial charge in [0, 0.05) is 5.92 Å². The molecule has 0 amide bonds. The molecule has 0 heterocycles. The first-order valence-electron chi connectivity index (χ1n) is 6.24. The highest BCUT2D eigenvalue weighted by molar-refractivity contribution is 5.07. The largest absolute Gasteiger partial charge is 0.393 e. The number of fused-ring (bicyclic) bond motifs is 1. The van der Waals surface area contributed by atoms with Crippen LogP contribution in [0.15, 0.2) is 0 Å². The molecule has 2 rings (SSSR count). The molecule has 1 N–H and O–H groups in total. The molecule has 1 heteroatoms. The van der Waals surface area contributed by atoms with E-state index in [9.17, 15) is 5.11 Å². The van der Waals surface area contributed by atoms with Crippen LogP contribution in [0.4, 0.5) is 0 Å². The van der Waals surface area contributed by atoms with Gasteiger partial charge in [-0.15, -0.1) is 12.3 Å². The highest BCUT2D eigenvalue weighted by Gasteiger charge is 2.51. The predicted molar refractivity (Wildman–Crippen MR) is 62.2 cm³/mol. The van der Waals surface area contributed by atoms with Crippen LogP contribution < -0.4 is 0 Å². The smallest absolute Gasteiger partial charge is 0.0573 e. The Balaban J connectivity index is 2.22. The maximum absolute atomic E-state index is 10.1. The Kier molecular flexibility index (Phi) is 2.81. The van der Waals surface area contributed by atoms with Gasteiger partial charge in [0.1, 0.15) is 0 Å². The van der Waals surface area contributed by atoms with Crippen LogP contribution in [0.25, 0.3) is 0 Å². The van der Waals surface area contributed by atoms with Gasteiger partial charge >= 0.3 is 0 Å². The average Bonchev–Trinajstić information content (AvgIpc) is 2.56. The number of rotatable bonds is 1. The van der Waals surface area contributed by atoms with Crippen LogP contribution >= 0.6 is 0 Å². The molecule has 0 saturated heterocycles. The Bertz CT molecular complexity index is 278. The van der Waals surface area contributed by atoms with Crippen molar-refractivity contribution in [3.8, 4) is 12.3 Å². The second-order valence-electron chi connectivity index (χ2n) is 5.71. The zero-order chi connectivity index (χ0) is 11.1. The second-order valence-corrected chi connectivity index (χ2v) is 5.71. The Morgan fingerprint density at radius 3 is 2.80 bits per heavy atom. The van der Waals surface area contributed by atoms with E-state index in [0.717, 1.165) is 6.42 Å².